The minimum Gasteiger partial charge on any atom is -0.317 e. The van der Waals surface area contributed by atoms with E-state index in [9.17, 15) is 22.8 Å². The minimum absolute atomic E-state index is 0.132. The van der Waals surface area contributed by atoms with Gasteiger partial charge in [-0.1, -0.05) is 0 Å². The summed E-state index contributed by atoms with van der Waals surface area (Å²) >= 11 is 0. The molecule has 0 unspecified atom stereocenters. The monoisotopic (exact) mass is 338 g/mol. The van der Waals surface area contributed by atoms with Crippen LogP contribution < -0.4 is 5.32 Å². The van der Waals surface area contributed by atoms with Gasteiger partial charge in [-0.2, -0.15) is 5.10 Å². The number of hydrogen-bond acceptors (Lipinski definition) is 3. The Morgan fingerprint density at radius 3 is 2.46 bits per heavy atom. The lowest BCUT2D eigenvalue weighted by Crippen LogP contribution is -2.41. The number of nitrogens with one attached hydrogen (secondary N) is 1. The number of amides is 2. The Labute approximate surface area is 134 Å². The Balaban J connectivity index is 1.77. The summed E-state index contributed by atoms with van der Waals surface area (Å²) in [5, 5.41) is 6.40. The Morgan fingerprint density at radius 1 is 1.17 bits per heavy atom. The molecule has 2 amide bonds. The van der Waals surface area contributed by atoms with Crippen molar-refractivity contribution >= 4 is 17.5 Å². The second-order valence-corrected chi connectivity index (χ2v) is 5.39. The number of ketones is 1. The van der Waals surface area contributed by atoms with Gasteiger partial charge in [0.2, 0.25) is 0 Å². The predicted molar refractivity (Wildman–Crippen MR) is 78.0 cm³/mol. The maximum Gasteiger partial charge on any atom is 0.322 e. The third-order valence-electron chi connectivity index (χ3n) is 3.77. The second-order valence-electron chi connectivity index (χ2n) is 5.39. The van der Waals surface area contributed by atoms with Crippen LogP contribution in [0.3, 0.4) is 0 Å². The molecule has 2 heterocycles. The number of carbonyl (C=O) groups is 2. The molecule has 1 aliphatic heterocycles. The molecule has 1 aromatic heterocycles. The topological polar surface area (TPSA) is 67.2 Å². The lowest BCUT2D eigenvalue weighted by Gasteiger charge is -2.28. The van der Waals surface area contributed by atoms with E-state index < -0.39 is 23.5 Å². The van der Waals surface area contributed by atoms with E-state index in [1.807, 2.05) is 0 Å². The molecule has 2 aromatic rings. The lowest BCUT2D eigenvalue weighted by molar-refractivity contribution is 0.101. The van der Waals surface area contributed by atoms with Gasteiger partial charge in [0.05, 0.1) is 30.5 Å². The molecule has 0 radical (unpaired) electrons. The molecule has 126 valence electrons. The summed E-state index contributed by atoms with van der Waals surface area (Å²) in [4.78, 5) is 25.2. The number of benzene rings is 1. The smallest absolute Gasteiger partial charge is 0.317 e. The molecule has 0 saturated heterocycles. The molecule has 1 aliphatic rings. The van der Waals surface area contributed by atoms with Crippen molar-refractivity contribution in [1.82, 2.24) is 14.7 Å². The maximum atomic E-state index is 13.2. The van der Waals surface area contributed by atoms with E-state index in [4.69, 9.17) is 0 Å². The molecule has 1 N–H and O–H groups in total. The molecule has 0 atom stereocenters. The van der Waals surface area contributed by atoms with Gasteiger partial charge in [0.25, 0.3) is 0 Å². The molecule has 0 saturated carbocycles. The summed E-state index contributed by atoms with van der Waals surface area (Å²) in [5.74, 6) is -4.54. The summed E-state index contributed by atoms with van der Waals surface area (Å²) in [5.41, 5.74) is 0.828. The molecule has 1 aromatic carbocycles. The van der Waals surface area contributed by atoms with E-state index in [1.165, 1.54) is 18.0 Å². The lowest BCUT2D eigenvalue weighted by atomic mass is 10.1. The molecule has 24 heavy (non-hydrogen) atoms. The van der Waals surface area contributed by atoms with Crippen molar-refractivity contribution in [3.63, 3.8) is 0 Å². The van der Waals surface area contributed by atoms with E-state index in [0.717, 1.165) is 0 Å². The van der Waals surface area contributed by atoms with Crippen LogP contribution in [0.2, 0.25) is 0 Å². The fourth-order valence-corrected chi connectivity index (χ4v) is 2.54. The summed E-state index contributed by atoms with van der Waals surface area (Å²) in [7, 11) is 0. The van der Waals surface area contributed by atoms with Crippen LogP contribution in [-0.4, -0.2) is 33.0 Å². The summed E-state index contributed by atoms with van der Waals surface area (Å²) in [6.45, 7) is 2.24. The van der Waals surface area contributed by atoms with Crippen LogP contribution in [-0.2, 0) is 13.1 Å². The average molecular weight is 338 g/mol. The largest absolute Gasteiger partial charge is 0.322 e. The molecule has 3 rings (SSSR count). The van der Waals surface area contributed by atoms with Crippen LogP contribution in [0.1, 0.15) is 23.0 Å². The first-order valence-corrected chi connectivity index (χ1v) is 7.13. The quantitative estimate of drug-likeness (QED) is 0.676. The van der Waals surface area contributed by atoms with Gasteiger partial charge in [-0.05, 0) is 6.92 Å². The maximum absolute atomic E-state index is 13.2. The standard InChI is InChI=1S/C15H13F3N4O2/c1-8(23)10-6-19-22-3-2-21(7-13(10)22)15(24)20-9-4-11(16)14(18)12(17)5-9/h4-6H,2-3,7H2,1H3,(H,20,24). The first kappa shape index (κ1) is 16.0. The zero-order chi connectivity index (χ0) is 17.4. The zero-order valence-electron chi connectivity index (χ0n) is 12.6. The zero-order valence-corrected chi connectivity index (χ0v) is 12.6. The molecule has 6 nitrogen and oxygen atoms in total. The van der Waals surface area contributed by atoms with Gasteiger partial charge >= 0.3 is 6.03 Å². The Bertz CT molecular complexity index is 811. The molecule has 0 bridgehead atoms. The SMILES string of the molecule is CC(=O)c1cnn2c1CN(C(=O)Nc1cc(F)c(F)c(F)c1)CC2. The summed E-state index contributed by atoms with van der Waals surface area (Å²) in [6.07, 6.45) is 1.45. The fourth-order valence-electron chi connectivity index (χ4n) is 2.54. The molecule has 0 fully saturated rings. The predicted octanol–water partition coefficient (Wildman–Crippen LogP) is 2.55. The molecular formula is C15H13F3N4O2. The number of hydrogen-bond donors (Lipinski definition) is 1. The number of aromatic nitrogens is 2. The highest BCUT2D eigenvalue weighted by Gasteiger charge is 2.25. The van der Waals surface area contributed by atoms with Crippen molar-refractivity contribution in [2.24, 2.45) is 0 Å². The third kappa shape index (κ3) is 2.84. The van der Waals surface area contributed by atoms with E-state index in [0.29, 0.717) is 36.5 Å². The van der Waals surface area contributed by atoms with Crippen molar-refractivity contribution in [2.45, 2.75) is 20.0 Å². The van der Waals surface area contributed by atoms with Gasteiger partial charge in [0.1, 0.15) is 0 Å². The molecule has 9 heteroatoms. The van der Waals surface area contributed by atoms with Crippen LogP contribution in [0.5, 0.6) is 0 Å². The number of fused-ring (bicyclic) bond motifs is 1. The van der Waals surface area contributed by atoms with Crippen molar-refractivity contribution in [3.05, 3.63) is 47.0 Å². The molecule has 0 aliphatic carbocycles. The second kappa shape index (κ2) is 5.99. The Hall–Kier alpha value is -2.84. The Kier molecular flexibility index (Phi) is 4.00. The van der Waals surface area contributed by atoms with Crippen LogP contribution in [0.25, 0.3) is 0 Å². The molecule has 0 spiro atoms. The van der Waals surface area contributed by atoms with Crippen LogP contribution >= 0.6 is 0 Å². The van der Waals surface area contributed by atoms with E-state index in [2.05, 4.69) is 10.4 Å². The van der Waals surface area contributed by atoms with E-state index >= 15 is 0 Å². The van der Waals surface area contributed by atoms with Crippen molar-refractivity contribution < 1.29 is 22.8 Å². The number of urea groups is 1. The van der Waals surface area contributed by atoms with Crippen LogP contribution in [0, 0.1) is 17.5 Å². The van der Waals surface area contributed by atoms with Crippen molar-refractivity contribution in [3.8, 4) is 0 Å². The van der Waals surface area contributed by atoms with Crippen molar-refractivity contribution in [1.29, 1.82) is 0 Å². The number of anilines is 1. The highest BCUT2D eigenvalue weighted by molar-refractivity contribution is 5.95. The van der Waals surface area contributed by atoms with Gasteiger partial charge in [-0.25, -0.2) is 18.0 Å². The van der Waals surface area contributed by atoms with Gasteiger partial charge in [-0.3, -0.25) is 9.48 Å². The first-order chi connectivity index (χ1) is 11.4. The van der Waals surface area contributed by atoms with Gasteiger partial charge in [-0.15, -0.1) is 0 Å². The number of rotatable bonds is 2. The minimum atomic E-state index is -1.60. The van der Waals surface area contributed by atoms with Crippen molar-refractivity contribution in [2.75, 3.05) is 11.9 Å². The normalized spacial score (nSPS) is 13.6. The summed E-state index contributed by atoms with van der Waals surface area (Å²) in [6, 6.07) is 0.791. The first-order valence-electron chi connectivity index (χ1n) is 7.13. The van der Waals surface area contributed by atoms with Gasteiger partial charge in [0, 0.05) is 24.4 Å². The fraction of sp³-hybridized carbons (Fsp3) is 0.267. The number of nitrogens with zero attached hydrogens (tertiary/aromatic N) is 3. The third-order valence-corrected chi connectivity index (χ3v) is 3.77. The van der Waals surface area contributed by atoms with Gasteiger partial charge in [0.15, 0.2) is 23.2 Å². The number of carbonyl (C=O) groups excluding carboxylic acids is 2. The summed E-state index contributed by atoms with van der Waals surface area (Å²) < 4.78 is 41.0. The van der Waals surface area contributed by atoms with Crippen LogP contribution in [0.4, 0.5) is 23.7 Å². The number of Topliss-reactive ketones (excluding diaryl/α,β-unsaturated/α-hetero) is 1. The Morgan fingerprint density at radius 2 is 1.83 bits per heavy atom. The average Bonchev–Trinajstić information content (AvgIpc) is 2.95. The molecular weight excluding hydrogens is 325 g/mol. The van der Waals surface area contributed by atoms with Gasteiger partial charge < -0.3 is 10.2 Å². The number of halogens is 3. The van der Waals surface area contributed by atoms with Crippen LogP contribution in [0.15, 0.2) is 18.3 Å². The van der Waals surface area contributed by atoms with E-state index in [-0.39, 0.29) is 18.0 Å². The highest BCUT2D eigenvalue weighted by Crippen LogP contribution is 2.20. The van der Waals surface area contributed by atoms with E-state index in [1.54, 1.807) is 4.68 Å². The highest BCUT2D eigenvalue weighted by atomic mass is 19.2.